The summed E-state index contributed by atoms with van der Waals surface area (Å²) in [5.41, 5.74) is 5.96. The number of hydrogen-bond donors (Lipinski definition) is 1. The minimum absolute atomic E-state index is 0.0293. The Balaban J connectivity index is 2.09. The van der Waals surface area contributed by atoms with Crippen LogP contribution in [0.5, 0.6) is 0 Å². The van der Waals surface area contributed by atoms with Gasteiger partial charge in [-0.2, -0.15) is 0 Å². The van der Waals surface area contributed by atoms with Gasteiger partial charge in [0.25, 0.3) is 0 Å². The first-order valence-corrected chi connectivity index (χ1v) is 8.42. The summed E-state index contributed by atoms with van der Waals surface area (Å²) in [5.74, 6) is -1.11. The molecular weight excluding hydrogens is 363 g/mol. The van der Waals surface area contributed by atoms with Crippen LogP contribution in [0.4, 0.5) is 5.69 Å². The monoisotopic (exact) mass is 376 g/mol. The van der Waals surface area contributed by atoms with Crippen molar-refractivity contribution >= 4 is 58.4 Å². The Morgan fingerprint density at radius 1 is 1.39 bits per heavy atom. The molecule has 2 rings (SSSR count). The van der Waals surface area contributed by atoms with E-state index in [1.165, 1.54) is 25.3 Å². The van der Waals surface area contributed by atoms with E-state index in [0.717, 1.165) is 16.7 Å². The van der Waals surface area contributed by atoms with Gasteiger partial charge in [-0.3, -0.25) is 14.4 Å². The van der Waals surface area contributed by atoms with Gasteiger partial charge < -0.3 is 10.5 Å². The lowest BCUT2D eigenvalue weighted by Gasteiger charge is -2.16. The molecule has 1 aliphatic rings. The minimum Gasteiger partial charge on any atom is -0.468 e. The first-order valence-electron chi connectivity index (χ1n) is 6.61. The number of carbonyl (C=O) groups excluding carboxylic acids is 3. The predicted octanol–water partition coefficient (Wildman–Crippen LogP) is 1.86. The maximum Gasteiger partial charge on any atom is 0.323 e. The first-order chi connectivity index (χ1) is 10.8. The van der Waals surface area contributed by atoms with Crippen LogP contribution < -0.4 is 10.6 Å². The maximum absolute atomic E-state index is 12.4. The van der Waals surface area contributed by atoms with Crippen LogP contribution in [-0.4, -0.2) is 41.9 Å². The van der Waals surface area contributed by atoms with Gasteiger partial charge in [0.1, 0.15) is 6.04 Å². The van der Waals surface area contributed by atoms with Gasteiger partial charge >= 0.3 is 5.97 Å². The molecule has 0 aliphatic carbocycles. The van der Waals surface area contributed by atoms with Crippen LogP contribution in [0.1, 0.15) is 6.42 Å². The lowest BCUT2D eigenvalue weighted by atomic mass is 10.3. The van der Waals surface area contributed by atoms with Crippen LogP contribution in [0.25, 0.3) is 0 Å². The third-order valence-corrected chi connectivity index (χ3v) is 4.95. The molecule has 2 amide bonds. The number of nitrogens with zero attached hydrogens (tertiary/aromatic N) is 1. The molecule has 2 atom stereocenters. The highest BCUT2D eigenvalue weighted by molar-refractivity contribution is 8.00. The van der Waals surface area contributed by atoms with Crippen molar-refractivity contribution < 1.29 is 19.1 Å². The average Bonchev–Trinajstić information content (AvgIpc) is 2.77. The number of halogens is 2. The Morgan fingerprint density at radius 3 is 2.57 bits per heavy atom. The number of ether oxygens (including phenoxy) is 1. The molecule has 1 aromatic rings. The van der Waals surface area contributed by atoms with Gasteiger partial charge in [-0.15, -0.1) is 11.8 Å². The quantitative estimate of drug-likeness (QED) is 0.622. The van der Waals surface area contributed by atoms with Crippen molar-refractivity contribution in [2.75, 3.05) is 17.8 Å². The Kier molecular flexibility index (Phi) is 5.91. The summed E-state index contributed by atoms with van der Waals surface area (Å²) in [7, 11) is 1.24. The van der Waals surface area contributed by atoms with E-state index in [9.17, 15) is 14.4 Å². The van der Waals surface area contributed by atoms with Crippen LogP contribution in [-0.2, 0) is 19.1 Å². The van der Waals surface area contributed by atoms with E-state index in [0.29, 0.717) is 15.7 Å². The Labute approximate surface area is 147 Å². The number of hydrogen-bond acceptors (Lipinski definition) is 6. The van der Waals surface area contributed by atoms with E-state index >= 15 is 0 Å². The van der Waals surface area contributed by atoms with Crippen molar-refractivity contribution in [2.45, 2.75) is 17.7 Å². The topological polar surface area (TPSA) is 89.7 Å². The van der Waals surface area contributed by atoms with Crippen molar-refractivity contribution in [1.29, 1.82) is 0 Å². The highest BCUT2D eigenvalue weighted by atomic mass is 35.5. The Morgan fingerprint density at radius 2 is 2.00 bits per heavy atom. The van der Waals surface area contributed by atoms with Gasteiger partial charge in [-0.1, -0.05) is 23.2 Å². The SMILES string of the molecule is COC(=O)C(N)CSC1CC(=O)N(c2cc(Cl)cc(Cl)c2)C1=O. The molecule has 9 heteroatoms. The van der Waals surface area contributed by atoms with Crippen LogP contribution in [0.3, 0.4) is 0 Å². The molecule has 23 heavy (non-hydrogen) atoms. The molecule has 0 aromatic heterocycles. The first kappa shape index (κ1) is 18.1. The van der Waals surface area contributed by atoms with Gasteiger partial charge in [0, 0.05) is 22.2 Å². The molecule has 0 spiro atoms. The number of benzene rings is 1. The summed E-state index contributed by atoms with van der Waals surface area (Å²) in [5, 5.41) is 0.0600. The van der Waals surface area contributed by atoms with Crippen molar-refractivity contribution in [3.05, 3.63) is 28.2 Å². The van der Waals surface area contributed by atoms with Crippen molar-refractivity contribution in [3.63, 3.8) is 0 Å². The van der Waals surface area contributed by atoms with E-state index in [1.807, 2.05) is 0 Å². The second-order valence-electron chi connectivity index (χ2n) is 4.85. The molecule has 1 aliphatic heterocycles. The predicted molar refractivity (Wildman–Crippen MR) is 89.8 cm³/mol. The largest absolute Gasteiger partial charge is 0.468 e. The molecule has 2 unspecified atom stereocenters. The summed E-state index contributed by atoms with van der Waals surface area (Å²) >= 11 is 13.0. The van der Waals surface area contributed by atoms with E-state index in [4.69, 9.17) is 28.9 Å². The lowest BCUT2D eigenvalue weighted by Crippen LogP contribution is -2.35. The molecule has 1 saturated heterocycles. The molecule has 2 N–H and O–H groups in total. The van der Waals surface area contributed by atoms with Crippen molar-refractivity contribution in [2.24, 2.45) is 5.73 Å². The van der Waals surface area contributed by atoms with Crippen LogP contribution in [0.15, 0.2) is 18.2 Å². The Hall–Kier alpha value is -1.28. The molecule has 1 fully saturated rings. The third-order valence-electron chi connectivity index (χ3n) is 3.19. The maximum atomic E-state index is 12.4. The average molecular weight is 377 g/mol. The number of imide groups is 1. The fourth-order valence-electron chi connectivity index (χ4n) is 2.11. The highest BCUT2D eigenvalue weighted by Gasteiger charge is 2.40. The molecule has 124 valence electrons. The van der Waals surface area contributed by atoms with Gasteiger partial charge in [-0.25, -0.2) is 4.90 Å². The molecule has 6 nitrogen and oxygen atoms in total. The summed E-state index contributed by atoms with van der Waals surface area (Å²) in [6.45, 7) is 0. The molecular formula is C14H14Cl2N2O4S. The number of carbonyl (C=O) groups is 3. The highest BCUT2D eigenvalue weighted by Crippen LogP contribution is 2.33. The minimum atomic E-state index is -0.845. The lowest BCUT2D eigenvalue weighted by molar-refractivity contribution is -0.141. The number of rotatable bonds is 5. The number of methoxy groups -OCH3 is 1. The molecule has 1 aromatic carbocycles. The van der Waals surface area contributed by atoms with Crippen LogP contribution in [0, 0.1) is 0 Å². The second kappa shape index (κ2) is 7.53. The smallest absolute Gasteiger partial charge is 0.323 e. The van der Waals surface area contributed by atoms with Crippen LogP contribution >= 0.6 is 35.0 Å². The number of anilines is 1. The zero-order chi connectivity index (χ0) is 17.1. The van der Waals surface area contributed by atoms with Gasteiger partial charge in [0.15, 0.2) is 0 Å². The number of nitrogens with two attached hydrogens (primary N) is 1. The van der Waals surface area contributed by atoms with E-state index < -0.39 is 17.3 Å². The number of thioether (sulfide) groups is 1. The van der Waals surface area contributed by atoms with E-state index in [1.54, 1.807) is 0 Å². The van der Waals surface area contributed by atoms with Gasteiger partial charge in [-0.05, 0) is 18.2 Å². The normalized spacial score (nSPS) is 19.1. The van der Waals surface area contributed by atoms with Gasteiger partial charge in [0.05, 0.1) is 18.0 Å². The number of esters is 1. The second-order valence-corrected chi connectivity index (χ2v) is 6.96. The standard InChI is InChI=1S/C14H14Cl2N2O4S/c1-22-14(21)10(17)6-23-11-5-12(19)18(13(11)20)9-3-7(15)2-8(16)4-9/h2-4,10-11H,5-6,17H2,1H3. The van der Waals surface area contributed by atoms with Crippen molar-refractivity contribution in [1.82, 2.24) is 0 Å². The zero-order valence-electron chi connectivity index (χ0n) is 12.1. The molecule has 0 saturated carbocycles. The molecule has 0 radical (unpaired) electrons. The summed E-state index contributed by atoms with van der Waals surface area (Å²) in [6.07, 6.45) is 0.0293. The molecule has 1 heterocycles. The zero-order valence-corrected chi connectivity index (χ0v) is 14.5. The van der Waals surface area contributed by atoms with E-state index in [2.05, 4.69) is 4.74 Å². The summed E-state index contributed by atoms with van der Waals surface area (Å²) in [6, 6.07) is 3.66. The fraction of sp³-hybridized carbons (Fsp3) is 0.357. The van der Waals surface area contributed by atoms with Crippen LogP contribution in [0.2, 0.25) is 10.0 Å². The summed E-state index contributed by atoms with van der Waals surface area (Å²) < 4.78 is 4.52. The number of amides is 2. The Bertz CT molecular complexity index is 635. The fourth-order valence-corrected chi connectivity index (χ4v) is 3.71. The summed E-state index contributed by atoms with van der Waals surface area (Å²) in [4.78, 5) is 36.9. The van der Waals surface area contributed by atoms with Crippen molar-refractivity contribution in [3.8, 4) is 0 Å². The van der Waals surface area contributed by atoms with Gasteiger partial charge in [0.2, 0.25) is 11.8 Å². The third kappa shape index (κ3) is 4.17. The molecule has 0 bridgehead atoms. The van der Waals surface area contributed by atoms with E-state index in [-0.39, 0.29) is 24.0 Å².